The Bertz CT molecular complexity index is 579. The lowest BCUT2D eigenvalue weighted by molar-refractivity contribution is 0.552. The molecule has 3 nitrogen and oxygen atoms in total. The first-order valence-electron chi connectivity index (χ1n) is 7.31. The maximum atomic E-state index is 4.35. The molecule has 0 aliphatic rings. The predicted octanol–water partition coefficient (Wildman–Crippen LogP) is 3.99. The summed E-state index contributed by atoms with van der Waals surface area (Å²) in [7, 11) is 0. The van der Waals surface area contributed by atoms with E-state index in [1.165, 1.54) is 16.0 Å². The maximum absolute atomic E-state index is 4.35. The van der Waals surface area contributed by atoms with Crippen LogP contribution in [0.5, 0.6) is 0 Å². The lowest BCUT2D eigenvalue weighted by Crippen LogP contribution is -2.18. The van der Waals surface area contributed by atoms with Crippen molar-refractivity contribution in [1.29, 1.82) is 0 Å². The fourth-order valence-electron chi connectivity index (χ4n) is 1.97. The Morgan fingerprint density at radius 1 is 1.14 bits per heavy atom. The third kappa shape index (κ3) is 5.14. The number of hydrogen-bond donors (Lipinski definition) is 1. The minimum atomic E-state index is 0.680. The van der Waals surface area contributed by atoms with Gasteiger partial charge in [0.25, 0.3) is 0 Å². The van der Waals surface area contributed by atoms with Crippen LogP contribution in [0.15, 0.2) is 40.6 Å². The third-order valence-corrected chi connectivity index (χ3v) is 4.15. The molecule has 1 N–H and O–H groups in total. The van der Waals surface area contributed by atoms with E-state index in [2.05, 4.69) is 54.3 Å². The highest BCUT2D eigenvalue weighted by atomic mass is 32.2. The molecule has 0 atom stereocenters. The van der Waals surface area contributed by atoms with E-state index in [1.807, 2.05) is 19.3 Å². The summed E-state index contributed by atoms with van der Waals surface area (Å²) in [5.74, 6) is 0.680. The summed E-state index contributed by atoms with van der Waals surface area (Å²) < 4.78 is 0. The zero-order valence-electron chi connectivity index (χ0n) is 13.2. The minimum absolute atomic E-state index is 0.680. The highest BCUT2D eigenvalue weighted by molar-refractivity contribution is 7.99. The van der Waals surface area contributed by atoms with E-state index in [4.69, 9.17) is 0 Å². The fourth-order valence-corrected chi connectivity index (χ4v) is 2.74. The van der Waals surface area contributed by atoms with Gasteiger partial charge in [0, 0.05) is 23.8 Å². The summed E-state index contributed by atoms with van der Waals surface area (Å²) >= 11 is 1.62. The molecule has 2 aromatic rings. The zero-order valence-corrected chi connectivity index (χ0v) is 14.0. The van der Waals surface area contributed by atoms with Crippen LogP contribution in [-0.2, 0) is 6.54 Å². The maximum Gasteiger partial charge on any atom is 0.192 e. The topological polar surface area (TPSA) is 37.8 Å². The van der Waals surface area contributed by atoms with E-state index < -0.39 is 0 Å². The minimum Gasteiger partial charge on any atom is -0.312 e. The van der Waals surface area contributed by atoms with Gasteiger partial charge in [-0.3, -0.25) is 0 Å². The van der Waals surface area contributed by atoms with Crippen LogP contribution in [-0.4, -0.2) is 16.5 Å². The summed E-state index contributed by atoms with van der Waals surface area (Å²) in [5, 5.41) is 4.27. The Morgan fingerprint density at radius 3 is 2.48 bits per heavy atom. The van der Waals surface area contributed by atoms with Gasteiger partial charge in [0.05, 0.1) is 0 Å². The largest absolute Gasteiger partial charge is 0.312 e. The predicted molar refractivity (Wildman–Crippen MR) is 88.6 cm³/mol. The number of aromatic nitrogens is 2. The lowest BCUT2D eigenvalue weighted by atomic mass is 10.1. The molecule has 0 spiro atoms. The molecule has 4 heteroatoms. The molecule has 0 radical (unpaired) electrons. The van der Waals surface area contributed by atoms with Gasteiger partial charge in [0.15, 0.2) is 5.16 Å². The van der Waals surface area contributed by atoms with E-state index in [1.54, 1.807) is 11.8 Å². The van der Waals surface area contributed by atoms with Crippen molar-refractivity contribution in [3.05, 3.63) is 47.3 Å². The van der Waals surface area contributed by atoms with Gasteiger partial charge in [-0.15, -0.1) is 0 Å². The molecule has 21 heavy (non-hydrogen) atoms. The summed E-state index contributed by atoms with van der Waals surface area (Å²) in [6.07, 6.45) is 3.71. The molecule has 1 aromatic heterocycles. The second-order valence-electron chi connectivity index (χ2n) is 5.77. The monoisotopic (exact) mass is 301 g/mol. The Morgan fingerprint density at radius 2 is 1.86 bits per heavy atom. The van der Waals surface area contributed by atoms with E-state index in [9.17, 15) is 0 Å². The Labute approximate surface area is 131 Å². The number of hydrogen-bond acceptors (Lipinski definition) is 4. The quantitative estimate of drug-likeness (QED) is 0.819. The molecule has 1 aromatic carbocycles. The summed E-state index contributed by atoms with van der Waals surface area (Å²) in [5.41, 5.74) is 3.68. The van der Waals surface area contributed by atoms with Crippen molar-refractivity contribution >= 4 is 11.8 Å². The molecule has 0 saturated carbocycles. The SMILES string of the molecule is Cc1cnc(Sc2ccc(CNCC(C)C)cc2C)nc1. The van der Waals surface area contributed by atoms with Gasteiger partial charge in [-0.25, -0.2) is 9.97 Å². The molecule has 2 rings (SSSR count). The van der Waals surface area contributed by atoms with Crippen molar-refractivity contribution in [2.75, 3.05) is 6.54 Å². The van der Waals surface area contributed by atoms with Gasteiger partial charge in [-0.2, -0.15) is 0 Å². The van der Waals surface area contributed by atoms with Gasteiger partial charge in [-0.1, -0.05) is 26.0 Å². The molecular weight excluding hydrogens is 278 g/mol. The normalized spacial score (nSPS) is 11.1. The summed E-state index contributed by atoms with van der Waals surface area (Å²) in [6.45, 7) is 10.6. The molecule has 112 valence electrons. The fraction of sp³-hybridized carbons (Fsp3) is 0.412. The van der Waals surface area contributed by atoms with Gasteiger partial charge in [0.2, 0.25) is 0 Å². The van der Waals surface area contributed by atoms with Crippen molar-refractivity contribution in [3.63, 3.8) is 0 Å². The number of nitrogens with one attached hydrogen (secondary N) is 1. The average Bonchev–Trinajstić information content (AvgIpc) is 2.44. The Hall–Kier alpha value is -1.39. The number of rotatable bonds is 6. The van der Waals surface area contributed by atoms with Gasteiger partial charge in [-0.05, 0) is 60.8 Å². The van der Waals surface area contributed by atoms with Crippen LogP contribution in [0.4, 0.5) is 0 Å². The molecule has 0 fully saturated rings. The van der Waals surface area contributed by atoms with Crippen LogP contribution in [0.2, 0.25) is 0 Å². The average molecular weight is 301 g/mol. The smallest absolute Gasteiger partial charge is 0.192 e. The van der Waals surface area contributed by atoms with Crippen LogP contribution < -0.4 is 5.32 Å². The van der Waals surface area contributed by atoms with Crippen LogP contribution in [0, 0.1) is 19.8 Å². The van der Waals surface area contributed by atoms with E-state index >= 15 is 0 Å². The Kier molecular flexibility index (Phi) is 5.76. The van der Waals surface area contributed by atoms with Crippen LogP contribution in [0.25, 0.3) is 0 Å². The molecule has 0 saturated heterocycles. The molecular formula is C17H23N3S. The van der Waals surface area contributed by atoms with Crippen molar-refractivity contribution < 1.29 is 0 Å². The summed E-state index contributed by atoms with van der Waals surface area (Å²) in [4.78, 5) is 9.91. The summed E-state index contributed by atoms with van der Waals surface area (Å²) in [6, 6.07) is 6.58. The van der Waals surface area contributed by atoms with Crippen molar-refractivity contribution in [1.82, 2.24) is 15.3 Å². The molecule has 0 aliphatic heterocycles. The van der Waals surface area contributed by atoms with Gasteiger partial charge in [0.1, 0.15) is 0 Å². The molecule has 0 unspecified atom stereocenters. The van der Waals surface area contributed by atoms with E-state index in [0.29, 0.717) is 5.92 Å². The first kappa shape index (κ1) is 16.0. The Balaban J connectivity index is 2.00. The van der Waals surface area contributed by atoms with E-state index in [-0.39, 0.29) is 0 Å². The number of aryl methyl sites for hydroxylation is 2. The highest BCUT2D eigenvalue weighted by Gasteiger charge is 2.05. The second-order valence-corrected chi connectivity index (χ2v) is 6.78. The number of nitrogens with zero attached hydrogens (tertiary/aromatic N) is 2. The number of benzene rings is 1. The van der Waals surface area contributed by atoms with Crippen molar-refractivity contribution in [3.8, 4) is 0 Å². The molecule has 0 aliphatic carbocycles. The first-order chi connectivity index (χ1) is 10.0. The van der Waals surface area contributed by atoms with E-state index in [0.717, 1.165) is 23.8 Å². The van der Waals surface area contributed by atoms with Gasteiger partial charge >= 0.3 is 0 Å². The molecule has 1 heterocycles. The zero-order chi connectivity index (χ0) is 15.2. The lowest BCUT2D eigenvalue weighted by Gasteiger charge is -2.10. The molecule has 0 amide bonds. The van der Waals surface area contributed by atoms with Crippen molar-refractivity contribution in [2.45, 2.75) is 44.3 Å². The second kappa shape index (κ2) is 7.57. The highest BCUT2D eigenvalue weighted by Crippen LogP contribution is 2.28. The van der Waals surface area contributed by atoms with Crippen LogP contribution in [0.3, 0.4) is 0 Å². The molecule has 0 bridgehead atoms. The first-order valence-corrected chi connectivity index (χ1v) is 8.13. The third-order valence-electron chi connectivity index (χ3n) is 3.08. The van der Waals surface area contributed by atoms with Crippen LogP contribution >= 0.6 is 11.8 Å². The van der Waals surface area contributed by atoms with Crippen molar-refractivity contribution in [2.24, 2.45) is 5.92 Å². The standard InChI is InChI=1S/C17H23N3S/c1-12(2)8-18-11-15-5-6-16(14(4)7-15)21-17-19-9-13(3)10-20-17/h5-7,9-10,12,18H,8,11H2,1-4H3. The van der Waals surface area contributed by atoms with Gasteiger partial charge < -0.3 is 5.32 Å². The van der Waals surface area contributed by atoms with Crippen LogP contribution in [0.1, 0.15) is 30.5 Å².